The van der Waals surface area contributed by atoms with Crippen molar-refractivity contribution < 1.29 is 4.74 Å². The van der Waals surface area contributed by atoms with Crippen molar-refractivity contribution in [1.29, 1.82) is 0 Å². The SMILES string of the molecule is CCCCOc1ccc(Cl)c(N)c1. The zero-order chi connectivity index (χ0) is 9.68. The Balaban J connectivity index is 2.53. The second-order valence-corrected chi connectivity index (χ2v) is 3.29. The molecule has 0 amide bonds. The van der Waals surface area contributed by atoms with Gasteiger partial charge in [0, 0.05) is 6.07 Å². The quantitative estimate of drug-likeness (QED) is 0.598. The number of hydrogen-bond donors (Lipinski definition) is 1. The van der Waals surface area contributed by atoms with Gasteiger partial charge in [0.25, 0.3) is 0 Å². The lowest BCUT2D eigenvalue weighted by Crippen LogP contribution is -1.97. The fraction of sp³-hybridized carbons (Fsp3) is 0.400. The standard InChI is InChI=1S/C10H14ClNO/c1-2-3-6-13-8-4-5-9(11)10(12)7-8/h4-5,7H,2-3,6,12H2,1H3. The predicted molar refractivity (Wildman–Crippen MR) is 56.3 cm³/mol. The van der Waals surface area contributed by atoms with Gasteiger partial charge in [-0.2, -0.15) is 0 Å². The fourth-order valence-corrected chi connectivity index (χ4v) is 1.06. The van der Waals surface area contributed by atoms with Crippen molar-refractivity contribution in [2.45, 2.75) is 19.8 Å². The maximum Gasteiger partial charge on any atom is 0.121 e. The molecule has 0 saturated carbocycles. The second kappa shape index (κ2) is 4.97. The van der Waals surface area contributed by atoms with Crippen molar-refractivity contribution in [3.8, 4) is 5.75 Å². The third-order valence-corrected chi connectivity index (χ3v) is 2.08. The van der Waals surface area contributed by atoms with Gasteiger partial charge < -0.3 is 10.5 Å². The van der Waals surface area contributed by atoms with Crippen molar-refractivity contribution in [2.75, 3.05) is 12.3 Å². The van der Waals surface area contributed by atoms with Gasteiger partial charge in [-0.05, 0) is 18.6 Å². The molecule has 1 aromatic carbocycles. The summed E-state index contributed by atoms with van der Waals surface area (Å²) in [5, 5.41) is 0.572. The molecule has 72 valence electrons. The maximum atomic E-state index is 5.76. The van der Waals surface area contributed by atoms with Crippen LogP contribution in [0.1, 0.15) is 19.8 Å². The molecule has 0 fully saturated rings. The van der Waals surface area contributed by atoms with Gasteiger partial charge in [-0.1, -0.05) is 24.9 Å². The second-order valence-electron chi connectivity index (χ2n) is 2.89. The summed E-state index contributed by atoms with van der Waals surface area (Å²) in [5.41, 5.74) is 6.18. The van der Waals surface area contributed by atoms with E-state index in [0.717, 1.165) is 25.2 Å². The van der Waals surface area contributed by atoms with Crippen LogP contribution in [-0.2, 0) is 0 Å². The molecule has 0 aliphatic rings. The zero-order valence-electron chi connectivity index (χ0n) is 7.72. The van der Waals surface area contributed by atoms with E-state index in [2.05, 4.69) is 6.92 Å². The smallest absolute Gasteiger partial charge is 0.121 e. The fourth-order valence-electron chi connectivity index (χ4n) is 0.946. The Kier molecular flexibility index (Phi) is 3.90. The van der Waals surface area contributed by atoms with E-state index in [1.54, 1.807) is 12.1 Å². The Morgan fingerprint density at radius 3 is 2.85 bits per heavy atom. The van der Waals surface area contributed by atoms with Gasteiger partial charge in [-0.15, -0.1) is 0 Å². The maximum absolute atomic E-state index is 5.76. The highest BCUT2D eigenvalue weighted by atomic mass is 35.5. The summed E-state index contributed by atoms with van der Waals surface area (Å²) in [7, 11) is 0. The molecule has 1 rings (SSSR count). The van der Waals surface area contributed by atoms with Gasteiger partial charge in [0.2, 0.25) is 0 Å². The lowest BCUT2D eigenvalue weighted by Gasteiger charge is -2.06. The summed E-state index contributed by atoms with van der Waals surface area (Å²) in [6.07, 6.45) is 2.19. The molecule has 0 aromatic heterocycles. The van der Waals surface area contributed by atoms with E-state index in [-0.39, 0.29) is 0 Å². The molecule has 0 atom stereocenters. The molecule has 0 unspecified atom stereocenters. The van der Waals surface area contributed by atoms with E-state index in [9.17, 15) is 0 Å². The molecule has 0 heterocycles. The summed E-state index contributed by atoms with van der Waals surface area (Å²) < 4.78 is 5.44. The number of rotatable bonds is 4. The van der Waals surface area contributed by atoms with Gasteiger partial charge >= 0.3 is 0 Å². The molecular formula is C10H14ClNO. The van der Waals surface area contributed by atoms with Gasteiger partial charge in [0.1, 0.15) is 5.75 Å². The number of unbranched alkanes of at least 4 members (excludes halogenated alkanes) is 1. The van der Waals surface area contributed by atoms with Gasteiger partial charge in [-0.25, -0.2) is 0 Å². The van der Waals surface area contributed by atoms with Crippen LogP contribution < -0.4 is 10.5 Å². The number of hydrogen-bond acceptors (Lipinski definition) is 2. The van der Waals surface area contributed by atoms with Crippen LogP contribution in [0.3, 0.4) is 0 Å². The monoisotopic (exact) mass is 199 g/mol. The average molecular weight is 200 g/mol. The third kappa shape index (κ3) is 3.15. The summed E-state index contributed by atoms with van der Waals surface area (Å²) >= 11 is 5.76. The van der Waals surface area contributed by atoms with E-state index in [1.165, 1.54) is 0 Å². The van der Waals surface area contributed by atoms with Crippen LogP contribution in [0.25, 0.3) is 0 Å². The van der Waals surface area contributed by atoms with Crippen LogP contribution in [-0.4, -0.2) is 6.61 Å². The number of benzene rings is 1. The van der Waals surface area contributed by atoms with Crippen LogP contribution in [0, 0.1) is 0 Å². The Labute approximate surface area is 83.6 Å². The first-order valence-corrected chi connectivity index (χ1v) is 4.79. The highest BCUT2D eigenvalue weighted by Gasteiger charge is 1.98. The molecule has 0 saturated heterocycles. The van der Waals surface area contributed by atoms with Crippen LogP contribution in [0.5, 0.6) is 5.75 Å². The van der Waals surface area contributed by atoms with Crippen LogP contribution >= 0.6 is 11.6 Å². The molecular weight excluding hydrogens is 186 g/mol. The highest BCUT2D eigenvalue weighted by molar-refractivity contribution is 6.33. The predicted octanol–water partition coefficient (Wildman–Crippen LogP) is 3.10. The minimum Gasteiger partial charge on any atom is -0.494 e. The molecule has 1 aromatic rings. The number of ether oxygens (including phenoxy) is 1. The number of nitrogens with two attached hydrogens (primary N) is 1. The average Bonchev–Trinajstić information content (AvgIpc) is 2.12. The minimum atomic E-state index is 0.565. The zero-order valence-corrected chi connectivity index (χ0v) is 8.47. The largest absolute Gasteiger partial charge is 0.494 e. The van der Waals surface area contributed by atoms with Crippen molar-refractivity contribution in [3.05, 3.63) is 23.2 Å². The highest BCUT2D eigenvalue weighted by Crippen LogP contribution is 2.23. The first-order valence-electron chi connectivity index (χ1n) is 4.42. The van der Waals surface area contributed by atoms with Gasteiger partial charge in [-0.3, -0.25) is 0 Å². The van der Waals surface area contributed by atoms with E-state index < -0.39 is 0 Å². The van der Waals surface area contributed by atoms with E-state index in [0.29, 0.717) is 10.7 Å². The Morgan fingerprint density at radius 2 is 2.23 bits per heavy atom. The summed E-state index contributed by atoms with van der Waals surface area (Å²) in [6.45, 7) is 2.86. The van der Waals surface area contributed by atoms with Crippen LogP contribution in [0.4, 0.5) is 5.69 Å². The van der Waals surface area contributed by atoms with E-state index >= 15 is 0 Å². The minimum absolute atomic E-state index is 0.565. The lowest BCUT2D eigenvalue weighted by molar-refractivity contribution is 0.309. The molecule has 3 heteroatoms. The number of anilines is 1. The van der Waals surface area contributed by atoms with Crippen molar-refractivity contribution in [1.82, 2.24) is 0 Å². The first kappa shape index (κ1) is 10.2. The molecule has 0 aliphatic heterocycles. The third-order valence-electron chi connectivity index (χ3n) is 1.73. The lowest BCUT2D eigenvalue weighted by atomic mass is 10.3. The Hall–Kier alpha value is -0.890. The summed E-state index contributed by atoms with van der Waals surface area (Å²) in [6, 6.07) is 5.32. The molecule has 13 heavy (non-hydrogen) atoms. The Morgan fingerprint density at radius 1 is 1.46 bits per heavy atom. The number of halogens is 1. The van der Waals surface area contributed by atoms with Crippen molar-refractivity contribution >= 4 is 17.3 Å². The summed E-state index contributed by atoms with van der Waals surface area (Å²) in [4.78, 5) is 0. The normalized spacial score (nSPS) is 10.0. The van der Waals surface area contributed by atoms with E-state index in [4.69, 9.17) is 22.1 Å². The molecule has 2 N–H and O–H groups in total. The topological polar surface area (TPSA) is 35.2 Å². The van der Waals surface area contributed by atoms with Crippen molar-refractivity contribution in [3.63, 3.8) is 0 Å². The first-order chi connectivity index (χ1) is 6.24. The molecule has 0 bridgehead atoms. The molecule has 0 spiro atoms. The van der Waals surface area contributed by atoms with Gasteiger partial charge in [0.15, 0.2) is 0 Å². The molecule has 0 aliphatic carbocycles. The molecule has 0 radical (unpaired) electrons. The summed E-state index contributed by atoms with van der Waals surface area (Å²) in [5.74, 6) is 0.787. The van der Waals surface area contributed by atoms with E-state index in [1.807, 2.05) is 6.07 Å². The Bertz CT molecular complexity index is 276. The van der Waals surface area contributed by atoms with Crippen LogP contribution in [0.2, 0.25) is 5.02 Å². The van der Waals surface area contributed by atoms with Crippen molar-refractivity contribution in [2.24, 2.45) is 0 Å². The van der Waals surface area contributed by atoms with Gasteiger partial charge in [0.05, 0.1) is 17.3 Å². The molecule has 2 nitrogen and oxygen atoms in total. The van der Waals surface area contributed by atoms with Crippen LogP contribution in [0.15, 0.2) is 18.2 Å². The number of nitrogen functional groups attached to an aromatic ring is 1.